The van der Waals surface area contributed by atoms with Crippen LogP contribution in [-0.2, 0) is 80.1 Å². The summed E-state index contributed by atoms with van der Waals surface area (Å²) in [5, 5.41) is 6.32. The summed E-state index contributed by atoms with van der Waals surface area (Å²) in [6.45, 7) is 23.4. The number of carbonyl (C=O) groups excluding carboxylic acids is 5. The van der Waals surface area contributed by atoms with Gasteiger partial charge in [0.1, 0.15) is 26.4 Å². The zero-order chi connectivity index (χ0) is 107. The van der Waals surface area contributed by atoms with Crippen molar-refractivity contribution in [2.45, 2.75) is 219 Å². The number of halogens is 7. The summed E-state index contributed by atoms with van der Waals surface area (Å²) in [6.07, 6.45) is 8.62. The van der Waals surface area contributed by atoms with Crippen molar-refractivity contribution in [1.29, 1.82) is 0 Å². The second-order valence-corrected chi connectivity index (χ2v) is 41.0. The Morgan fingerprint density at radius 1 is 0.527 bits per heavy atom. The molecule has 150 heavy (non-hydrogen) atoms. The Hall–Kier alpha value is -12.5. The van der Waals surface area contributed by atoms with Crippen LogP contribution >= 0.6 is 54.5 Å². The summed E-state index contributed by atoms with van der Waals surface area (Å²) in [5.41, 5.74) is 17.3. The minimum Gasteiger partial charge on any atom is -0.445 e. The van der Waals surface area contributed by atoms with Gasteiger partial charge in [0.25, 0.3) is 5.91 Å². The van der Waals surface area contributed by atoms with Gasteiger partial charge in [0.15, 0.2) is 17.4 Å². The fraction of sp³-hybridized carbons (Fsp3) is 0.383. The lowest BCUT2D eigenvalue weighted by Crippen LogP contribution is -2.51. The second kappa shape index (κ2) is 57.7. The van der Waals surface area contributed by atoms with E-state index < -0.39 is 36.8 Å². The average molecular weight is 2300 g/mol. The molecule has 35 heteroatoms. The van der Waals surface area contributed by atoms with Crippen LogP contribution in [0.1, 0.15) is 210 Å². The highest BCUT2D eigenvalue weighted by atomic mass is 127. The summed E-state index contributed by atoms with van der Waals surface area (Å²) in [7, 11) is -0.415. The van der Waals surface area contributed by atoms with E-state index in [1.165, 1.54) is 10.6 Å². The molecule has 5 aliphatic rings. The molecule has 11 aromatic rings. The van der Waals surface area contributed by atoms with Gasteiger partial charge in [-0.05, 0) is 216 Å². The van der Waals surface area contributed by atoms with E-state index in [4.69, 9.17) is 59.2 Å². The van der Waals surface area contributed by atoms with Gasteiger partial charge in [-0.3, -0.25) is 29.0 Å². The molecule has 0 aliphatic carbocycles. The molecule has 10 aromatic carbocycles. The van der Waals surface area contributed by atoms with E-state index in [9.17, 15) is 46.3 Å². The van der Waals surface area contributed by atoms with Gasteiger partial charge in [-0.25, -0.2) is 28.4 Å². The van der Waals surface area contributed by atoms with Crippen LogP contribution in [-0.4, -0.2) is 168 Å². The maximum atomic E-state index is 13.7. The number of azide groups is 1. The monoisotopic (exact) mass is 2290 g/mol. The second-order valence-electron chi connectivity index (χ2n) is 38.0. The fourth-order valence-corrected chi connectivity index (χ4v) is 18.8. The molecule has 0 unspecified atom stereocenters. The minimum atomic E-state index is -4.94. The molecule has 5 saturated heterocycles. The van der Waals surface area contributed by atoms with Gasteiger partial charge in [-0.1, -0.05) is 303 Å². The third kappa shape index (κ3) is 33.8. The molecular weight excluding hydrogens is 2170 g/mol. The number of amides is 5. The average Bonchev–Trinajstić information content (AvgIpc) is 1.61. The number of nitrogens with zero attached hydrogens (tertiary/aromatic N) is 9. The zero-order valence-electron chi connectivity index (χ0n) is 85.6. The number of nitrogens with one attached hydrogen (secondary N) is 1. The Morgan fingerprint density at radius 3 is 1.23 bits per heavy atom. The van der Waals surface area contributed by atoms with E-state index >= 15 is 0 Å². The first-order valence-electron chi connectivity index (χ1n) is 50.3. The first kappa shape index (κ1) is 116. The highest BCUT2D eigenvalue weighted by molar-refractivity contribution is 14.1. The van der Waals surface area contributed by atoms with Gasteiger partial charge in [0.05, 0.1) is 127 Å². The van der Waals surface area contributed by atoms with Gasteiger partial charge in [-0.15, -0.1) is 19.6 Å². The Morgan fingerprint density at radius 2 is 0.880 bits per heavy atom. The van der Waals surface area contributed by atoms with Gasteiger partial charge in [-0.2, -0.15) is 4.98 Å². The van der Waals surface area contributed by atoms with E-state index in [1.807, 2.05) is 290 Å². The molecule has 5 aliphatic heterocycles. The number of carbonyl (C=O) groups is 5. The predicted molar refractivity (Wildman–Crippen MR) is 583 cm³/mol. The number of hydrogen-bond acceptors (Lipinski definition) is 19. The number of benzene rings is 10. The predicted octanol–water partition coefficient (Wildman–Crippen LogP) is 26.1. The van der Waals surface area contributed by atoms with Crippen molar-refractivity contribution in [3.8, 4) is 23.8 Å². The molecule has 16 rings (SSSR count). The topological polar surface area (TPSA) is 296 Å². The third-order valence-corrected chi connectivity index (χ3v) is 28.1. The lowest BCUT2D eigenvalue weighted by atomic mass is 9.78. The van der Waals surface area contributed by atoms with Crippen molar-refractivity contribution in [2.75, 3.05) is 64.7 Å². The molecule has 6 heterocycles. The van der Waals surface area contributed by atoms with Crippen LogP contribution in [0.3, 0.4) is 0 Å². The standard InChI is InChI=1S/C32H31IN4O5.C27H36BNO5.C21H24BrNO3.C20H21BrN4O3.C15H16F4O/c1-2-9-26-20-41-21-28(37(26)32(40)42-19-22-10-5-3-6-11-22)23-14-16-25(17-15-23)36-18-27(33)29(35-31(36)39)34-30(38)24-12-7-4-8-13-24;1-6-10-23-18-31-19-24(29(23)25(30)32-17-20-11-8-7-9-12-20)21-13-15-22(16-14-21)28-33-26(2,3)27(4,5)34-28;1-2-6-19-14-25-15-20(17-9-11-18(22)12-10-17)23(19)21(24)26-13-16-7-4-3-5-8-16;21-17-8-6-16(7-9-17)19-14-27-13-18(10-11-23-24-22)25(19)20(26)28-12-15-4-2-1-3-5-15;1-4-12-8-11(7-5-6-10(2)3)9-13(14(12)16)20-15(17,18)19/h3-8,10-18,26,28H,2,9,19-21H2,1H3,(H,34,35,38,39);7-9,11-16,23-24H,6,10,17-19H2,1-5H3;3-5,7-12,19-20H,2,6,13-15H2,1H3;1-9,18-19H,10-14H2;1,8-10H,5-7H2,2-3H3/t26-,28-;23-,24-;19-,20-;18-,19-;/m0000./s1. The van der Waals surface area contributed by atoms with Crippen molar-refractivity contribution in [1.82, 2.24) is 29.2 Å². The number of aromatic nitrogens is 2. The van der Waals surface area contributed by atoms with Crippen molar-refractivity contribution in [3.63, 3.8) is 0 Å². The van der Waals surface area contributed by atoms with Gasteiger partial charge in [0.2, 0.25) is 0 Å². The van der Waals surface area contributed by atoms with Crippen LogP contribution in [0.5, 0.6) is 5.75 Å². The van der Waals surface area contributed by atoms with Gasteiger partial charge < -0.3 is 57.3 Å². The van der Waals surface area contributed by atoms with Crippen LogP contribution in [0.15, 0.2) is 286 Å². The number of rotatable bonds is 30. The number of terminal acetylenes is 1. The molecule has 5 amide bonds. The quantitative estimate of drug-likeness (QED) is 0.00639. The smallest absolute Gasteiger partial charge is 0.445 e. The Labute approximate surface area is 905 Å². The maximum absolute atomic E-state index is 13.7. The number of alkyl halides is 3. The highest BCUT2D eigenvalue weighted by Crippen LogP contribution is 2.40. The first-order chi connectivity index (χ1) is 72.3. The zero-order valence-corrected chi connectivity index (χ0v) is 91.0. The van der Waals surface area contributed by atoms with Crippen LogP contribution in [0.4, 0.5) is 42.6 Å². The van der Waals surface area contributed by atoms with E-state index in [0.29, 0.717) is 98.5 Å². The fourth-order valence-electron chi connectivity index (χ4n) is 17.7. The van der Waals surface area contributed by atoms with Crippen molar-refractivity contribution in [2.24, 2.45) is 11.0 Å². The molecule has 27 nitrogen and oxygen atoms in total. The molecule has 1 N–H and O–H groups in total. The SMILES string of the molecule is C#Cc1cc(CCCC(C)C)cc(OC(F)(F)F)c1F.CCC[C@H]1COC[C@@H](c2ccc(-n3cc(I)c(NC(=O)c4ccccc4)nc3=O)cc2)N1C(=O)OCc1ccccc1.CCC[C@H]1COC[C@@H](c2ccc(B3OC(C)(C)C(C)(C)O3)cc2)N1C(=O)OCc1ccccc1.CCC[C@H]1COC[C@@H](c2ccc(Br)cc2)N1C(=O)OCc1ccccc1.[N-]=[N+]=NCC[C@H]1COC[C@@H](c2ccc(Br)cc2)N1C(=O)OCc1ccccc1. The van der Waals surface area contributed by atoms with Crippen LogP contribution in [0, 0.1) is 27.6 Å². The third-order valence-electron chi connectivity index (χ3n) is 26.2. The number of anilines is 1. The summed E-state index contributed by atoms with van der Waals surface area (Å²) in [5.74, 6) is 0.369. The van der Waals surface area contributed by atoms with Gasteiger partial charge in [0, 0.05) is 32.2 Å². The number of morpholine rings is 4. The van der Waals surface area contributed by atoms with E-state index in [-0.39, 0.29) is 122 Å². The van der Waals surface area contributed by atoms with Crippen molar-refractivity contribution >= 4 is 103 Å². The number of hydrogen-bond donors (Lipinski definition) is 1. The van der Waals surface area contributed by atoms with Crippen LogP contribution in [0.25, 0.3) is 16.1 Å². The Balaban J connectivity index is 0.000000170. The molecule has 0 spiro atoms. The van der Waals surface area contributed by atoms with Gasteiger partial charge >= 0.3 is 43.5 Å². The highest BCUT2D eigenvalue weighted by Gasteiger charge is 2.52. The summed E-state index contributed by atoms with van der Waals surface area (Å²) >= 11 is 8.94. The largest absolute Gasteiger partial charge is 0.573 e. The van der Waals surface area contributed by atoms with Crippen molar-refractivity contribution in [3.05, 3.63) is 368 Å². The van der Waals surface area contributed by atoms with E-state index in [2.05, 4.69) is 91.5 Å². The molecular formula is C115H128BBr2F4IN10O17. The minimum absolute atomic E-state index is 0.0187. The Bertz CT molecular complexity index is 6280. The maximum Gasteiger partial charge on any atom is 0.573 e. The molecule has 1 aromatic heterocycles. The van der Waals surface area contributed by atoms with Crippen molar-refractivity contribution < 1.29 is 93.5 Å². The van der Waals surface area contributed by atoms with E-state index in [0.717, 1.165) is 116 Å². The number of aryl methyl sites for hydroxylation is 1. The molecule has 5 fully saturated rings. The normalized spacial score (nSPS) is 18.5. The molecule has 0 saturated carbocycles. The number of ether oxygens (including phenoxy) is 9. The summed E-state index contributed by atoms with van der Waals surface area (Å²) in [6, 6.07) is 80.0. The summed E-state index contributed by atoms with van der Waals surface area (Å²) in [4.78, 5) is 92.3. The molecule has 8 atom stereocenters. The van der Waals surface area contributed by atoms with E-state index in [1.54, 1.807) is 40.3 Å². The molecule has 0 bridgehead atoms. The summed E-state index contributed by atoms with van der Waals surface area (Å²) < 4.78 is 116. The lowest BCUT2D eigenvalue weighted by molar-refractivity contribution is -0.275. The van der Waals surface area contributed by atoms with Crippen LogP contribution < -0.4 is 21.2 Å². The first-order valence-corrected chi connectivity index (χ1v) is 53.0. The molecule has 792 valence electrons. The lowest BCUT2D eigenvalue weighted by Gasteiger charge is -2.41. The van der Waals surface area contributed by atoms with Crippen LogP contribution in [0.2, 0.25) is 0 Å². The molecule has 0 radical (unpaired) electrons. The Kier molecular flexibility index (Phi) is 44.7.